The molecule has 0 unspecified atom stereocenters. The van der Waals surface area contributed by atoms with Gasteiger partial charge in [-0.05, 0) is 37.4 Å². The van der Waals surface area contributed by atoms with Crippen molar-refractivity contribution >= 4 is 44.5 Å². The van der Waals surface area contributed by atoms with E-state index < -0.39 is 0 Å². The third kappa shape index (κ3) is 3.22. The van der Waals surface area contributed by atoms with Crippen LogP contribution in [0.3, 0.4) is 0 Å². The zero-order valence-corrected chi connectivity index (χ0v) is 16.1. The number of aromatic nitrogens is 3. The molecule has 2 N–H and O–H groups in total. The van der Waals surface area contributed by atoms with Gasteiger partial charge in [0.15, 0.2) is 0 Å². The molecule has 27 heavy (non-hydrogen) atoms. The SMILES string of the molecule is C/C(=N/NC(=O)c1cccs1)c1c(C)[nH]n(-c2nc3ccccc3s2)c1=O. The number of hydrogen-bond acceptors (Lipinski definition) is 6. The van der Waals surface area contributed by atoms with Crippen molar-refractivity contribution in [1.82, 2.24) is 20.2 Å². The predicted molar refractivity (Wildman–Crippen MR) is 108 cm³/mol. The monoisotopic (exact) mass is 397 g/mol. The lowest BCUT2D eigenvalue weighted by molar-refractivity contribution is 0.0959. The molecule has 0 spiro atoms. The number of hydrazone groups is 1. The normalized spacial score (nSPS) is 11.9. The summed E-state index contributed by atoms with van der Waals surface area (Å²) in [5, 5.41) is 9.52. The second-order valence-corrected chi connectivity index (χ2v) is 7.79. The number of para-hydroxylation sites is 1. The second-order valence-electron chi connectivity index (χ2n) is 5.83. The van der Waals surface area contributed by atoms with Crippen LogP contribution in [-0.2, 0) is 0 Å². The van der Waals surface area contributed by atoms with Gasteiger partial charge in [-0.2, -0.15) is 9.78 Å². The lowest BCUT2D eigenvalue weighted by atomic mass is 10.2. The molecule has 0 aliphatic carbocycles. The van der Waals surface area contributed by atoms with Crippen molar-refractivity contribution in [3.63, 3.8) is 0 Å². The minimum absolute atomic E-state index is 0.252. The first-order chi connectivity index (χ1) is 13.0. The van der Waals surface area contributed by atoms with E-state index >= 15 is 0 Å². The maximum absolute atomic E-state index is 12.9. The smallest absolute Gasteiger partial charge is 0.282 e. The minimum atomic E-state index is -0.302. The molecule has 4 rings (SSSR count). The molecule has 0 saturated heterocycles. The van der Waals surface area contributed by atoms with E-state index in [1.807, 2.05) is 29.6 Å². The van der Waals surface area contributed by atoms with Crippen molar-refractivity contribution in [2.24, 2.45) is 5.10 Å². The summed E-state index contributed by atoms with van der Waals surface area (Å²) in [5.41, 5.74) is 4.59. The van der Waals surface area contributed by atoms with Crippen LogP contribution in [0.25, 0.3) is 15.3 Å². The van der Waals surface area contributed by atoms with E-state index in [-0.39, 0.29) is 11.5 Å². The van der Waals surface area contributed by atoms with Crippen molar-refractivity contribution in [2.45, 2.75) is 13.8 Å². The molecule has 1 amide bonds. The van der Waals surface area contributed by atoms with E-state index in [1.54, 1.807) is 26.0 Å². The first-order valence-electron chi connectivity index (χ1n) is 8.10. The van der Waals surface area contributed by atoms with E-state index in [4.69, 9.17) is 0 Å². The maximum atomic E-state index is 12.9. The molecule has 136 valence electrons. The molecule has 1 aromatic carbocycles. The van der Waals surface area contributed by atoms with Crippen molar-refractivity contribution in [3.05, 3.63) is 68.3 Å². The quantitative estimate of drug-likeness (QED) is 0.409. The molecule has 0 fully saturated rings. The Hall–Kier alpha value is -3.04. The number of thiophene rings is 1. The summed E-state index contributed by atoms with van der Waals surface area (Å²) >= 11 is 2.76. The van der Waals surface area contributed by atoms with Gasteiger partial charge in [0, 0.05) is 5.69 Å². The second kappa shape index (κ2) is 6.93. The van der Waals surface area contributed by atoms with Gasteiger partial charge in [-0.25, -0.2) is 10.4 Å². The van der Waals surface area contributed by atoms with Gasteiger partial charge >= 0.3 is 0 Å². The average Bonchev–Trinajstić information content (AvgIpc) is 3.38. The first kappa shape index (κ1) is 17.4. The highest BCUT2D eigenvalue weighted by Crippen LogP contribution is 2.23. The topological polar surface area (TPSA) is 92.1 Å². The minimum Gasteiger partial charge on any atom is -0.293 e. The fourth-order valence-electron chi connectivity index (χ4n) is 2.72. The van der Waals surface area contributed by atoms with E-state index in [1.165, 1.54) is 27.4 Å². The molecular formula is C18H15N5O2S2. The number of hydrogen-bond donors (Lipinski definition) is 2. The number of rotatable bonds is 4. The van der Waals surface area contributed by atoms with Crippen molar-refractivity contribution in [2.75, 3.05) is 0 Å². The summed E-state index contributed by atoms with van der Waals surface area (Å²) < 4.78 is 2.41. The van der Waals surface area contributed by atoms with Crippen LogP contribution in [0.5, 0.6) is 0 Å². The van der Waals surface area contributed by atoms with Gasteiger partial charge in [-0.1, -0.05) is 29.5 Å². The highest BCUT2D eigenvalue weighted by molar-refractivity contribution is 7.20. The van der Waals surface area contributed by atoms with Gasteiger partial charge < -0.3 is 0 Å². The summed E-state index contributed by atoms with van der Waals surface area (Å²) in [6.45, 7) is 3.48. The summed E-state index contributed by atoms with van der Waals surface area (Å²) in [7, 11) is 0. The lowest BCUT2D eigenvalue weighted by Crippen LogP contribution is -2.23. The highest BCUT2D eigenvalue weighted by atomic mass is 32.1. The van der Waals surface area contributed by atoms with Gasteiger partial charge in [-0.15, -0.1) is 11.3 Å². The molecule has 4 aromatic rings. The molecule has 9 heteroatoms. The third-order valence-corrected chi connectivity index (χ3v) is 5.87. The number of nitrogens with zero attached hydrogens (tertiary/aromatic N) is 3. The Morgan fingerprint density at radius 2 is 2.07 bits per heavy atom. The van der Waals surface area contributed by atoms with Crippen molar-refractivity contribution in [1.29, 1.82) is 0 Å². The van der Waals surface area contributed by atoms with Crippen molar-refractivity contribution < 1.29 is 4.79 Å². The van der Waals surface area contributed by atoms with Crippen LogP contribution in [-0.4, -0.2) is 26.4 Å². The zero-order chi connectivity index (χ0) is 19.0. The molecule has 0 saturated carbocycles. The molecule has 0 aliphatic heterocycles. The summed E-state index contributed by atoms with van der Waals surface area (Å²) in [6, 6.07) is 11.2. The molecular weight excluding hydrogens is 382 g/mol. The van der Waals surface area contributed by atoms with Crippen LogP contribution in [0.4, 0.5) is 0 Å². The van der Waals surface area contributed by atoms with E-state index in [2.05, 4.69) is 20.6 Å². The first-order valence-corrected chi connectivity index (χ1v) is 9.80. The summed E-state index contributed by atoms with van der Waals surface area (Å²) in [6.07, 6.45) is 0. The number of carbonyl (C=O) groups is 1. The van der Waals surface area contributed by atoms with Crippen LogP contribution in [0.15, 0.2) is 51.7 Å². The molecule has 0 bridgehead atoms. The Bertz CT molecular complexity index is 1180. The number of aryl methyl sites for hydroxylation is 1. The number of nitrogens with one attached hydrogen (secondary N) is 2. The molecule has 0 aliphatic rings. The Kier molecular flexibility index (Phi) is 4.46. The summed E-state index contributed by atoms with van der Waals surface area (Å²) in [4.78, 5) is 30.0. The lowest BCUT2D eigenvalue weighted by Gasteiger charge is -1.99. The van der Waals surface area contributed by atoms with E-state index in [0.717, 1.165) is 10.2 Å². The molecule has 3 aromatic heterocycles. The number of thiazole rings is 1. The number of amides is 1. The number of H-pyrrole nitrogens is 1. The van der Waals surface area contributed by atoms with Crippen molar-refractivity contribution in [3.8, 4) is 5.13 Å². The van der Waals surface area contributed by atoms with Crippen LogP contribution in [0, 0.1) is 6.92 Å². The molecule has 7 nitrogen and oxygen atoms in total. The Balaban J connectivity index is 1.67. The van der Waals surface area contributed by atoms with E-state index in [9.17, 15) is 9.59 Å². The van der Waals surface area contributed by atoms with Gasteiger partial charge in [0.25, 0.3) is 11.5 Å². The highest BCUT2D eigenvalue weighted by Gasteiger charge is 2.18. The van der Waals surface area contributed by atoms with Gasteiger partial charge in [0.2, 0.25) is 5.13 Å². The summed E-state index contributed by atoms with van der Waals surface area (Å²) in [5.74, 6) is -0.302. The molecule has 0 radical (unpaired) electrons. The molecule has 0 atom stereocenters. The fourth-order valence-corrected chi connectivity index (χ4v) is 4.26. The number of fused-ring (bicyclic) bond motifs is 1. The van der Waals surface area contributed by atoms with Gasteiger partial charge in [0.1, 0.15) is 0 Å². The molecule has 3 heterocycles. The number of benzene rings is 1. The average molecular weight is 397 g/mol. The largest absolute Gasteiger partial charge is 0.293 e. The van der Waals surface area contributed by atoms with Gasteiger partial charge in [0.05, 0.1) is 26.4 Å². The van der Waals surface area contributed by atoms with Gasteiger partial charge in [-0.3, -0.25) is 14.7 Å². The zero-order valence-electron chi connectivity index (χ0n) is 14.5. The Morgan fingerprint density at radius 3 is 2.81 bits per heavy atom. The predicted octanol–water partition coefficient (Wildman–Crippen LogP) is 3.30. The standard InChI is InChI=1S/C18H15N5O2S2/c1-10(20-21-16(24)14-8-5-9-26-14)15-11(2)22-23(17(15)25)18-19-12-6-3-4-7-13(12)27-18/h3-9,22H,1-2H3,(H,21,24)/b20-10-. The van der Waals surface area contributed by atoms with Crippen LogP contribution in [0.2, 0.25) is 0 Å². The van der Waals surface area contributed by atoms with Crippen LogP contribution < -0.4 is 11.0 Å². The van der Waals surface area contributed by atoms with Crippen LogP contribution >= 0.6 is 22.7 Å². The number of carbonyl (C=O) groups excluding carboxylic acids is 1. The number of aromatic amines is 1. The maximum Gasteiger partial charge on any atom is 0.282 e. The van der Waals surface area contributed by atoms with Crippen LogP contribution in [0.1, 0.15) is 27.9 Å². The Morgan fingerprint density at radius 1 is 1.26 bits per heavy atom. The third-order valence-electron chi connectivity index (χ3n) is 3.98. The Labute approximate surface area is 162 Å². The fraction of sp³-hybridized carbons (Fsp3) is 0.111. The van der Waals surface area contributed by atoms with E-state index in [0.29, 0.717) is 27.0 Å².